The summed E-state index contributed by atoms with van der Waals surface area (Å²) < 4.78 is 1.77. The Morgan fingerprint density at radius 1 is 1.32 bits per heavy atom. The van der Waals surface area contributed by atoms with E-state index in [2.05, 4.69) is 30.9 Å². The Bertz CT molecular complexity index is 835. The molecule has 1 aromatic carbocycles. The predicted octanol–water partition coefficient (Wildman–Crippen LogP) is 3.41. The lowest BCUT2D eigenvalue weighted by Gasteiger charge is -2.29. The maximum absolute atomic E-state index is 12.0. The van der Waals surface area contributed by atoms with Gasteiger partial charge in [-0.1, -0.05) is 26.8 Å². The van der Waals surface area contributed by atoms with Gasteiger partial charge in [-0.25, -0.2) is 4.79 Å². The van der Waals surface area contributed by atoms with Crippen molar-refractivity contribution >= 4 is 22.7 Å². The quantitative estimate of drug-likeness (QED) is 0.925. The van der Waals surface area contributed by atoms with E-state index >= 15 is 0 Å². The molecule has 1 N–H and O–H groups in total. The molecule has 1 aromatic heterocycles. The molecule has 2 aromatic rings. The van der Waals surface area contributed by atoms with Crippen molar-refractivity contribution in [2.45, 2.75) is 39.7 Å². The molecule has 1 aliphatic rings. The number of likely N-dealkylation sites (tertiary alicyclic amines) is 1. The minimum atomic E-state index is -0.912. The Hall–Kier alpha value is -2.14. The van der Waals surface area contributed by atoms with E-state index in [4.69, 9.17) is 0 Å². The Balaban J connectivity index is 1.99. The lowest BCUT2D eigenvalue weighted by atomic mass is 9.95. The minimum absolute atomic E-state index is 0.164. The maximum Gasteiger partial charge on any atom is 0.352 e. The van der Waals surface area contributed by atoms with Crippen molar-refractivity contribution in [1.82, 2.24) is 9.47 Å². The summed E-state index contributed by atoms with van der Waals surface area (Å²) in [5, 5.41) is 10.4. The van der Waals surface area contributed by atoms with Crippen molar-refractivity contribution in [2.75, 3.05) is 13.1 Å². The van der Waals surface area contributed by atoms with Crippen LogP contribution in [0.5, 0.6) is 0 Å². The van der Waals surface area contributed by atoms with Gasteiger partial charge in [0.2, 0.25) is 0 Å². The summed E-state index contributed by atoms with van der Waals surface area (Å²) >= 11 is 0. The Labute approximate surface area is 148 Å². The number of Topliss-reactive ketones (excluding diaryl/α,β-unsaturated/α-hetero) is 1. The number of ketones is 1. The number of piperidine rings is 1. The molecule has 0 bridgehead atoms. The second-order valence-corrected chi connectivity index (χ2v) is 7.54. The minimum Gasteiger partial charge on any atom is -0.477 e. The number of nitrogens with zero attached hydrogens (tertiary/aromatic N) is 2. The number of hydrogen-bond donors (Lipinski definition) is 1. The fourth-order valence-corrected chi connectivity index (χ4v) is 3.73. The number of rotatable bonds is 4. The first-order valence-electron chi connectivity index (χ1n) is 8.88. The highest BCUT2D eigenvalue weighted by atomic mass is 16.4. The zero-order valence-corrected chi connectivity index (χ0v) is 15.4. The van der Waals surface area contributed by atoms with Crippen LogP contribution < -0.4 is 0 Å². The van der Waals surface area contributed by atoms with Crippen LogP contribution in [0.15, 0.2) is 18.2 Å². The molecule has 25 heavy (non-hydrogen) atoms. The predicted molar refractivity (Wildman–Crippen MR) is 98.0 cm³/mol. The third-order valence-electron chi connectivity index (χ3n) is 5.27. The van der Waals surface area contributed by atoms with Crippen molar-refractivity contribution in [2.24, 2.45) is 13.0 Å². The van der Waals surface area contributed by atoms with Gasteiger partial charge in [0.15, 0.2) is 0 Å². The number of aryl methyl sites for hydroxylation is 1. The van der Waals surface area contributed by atoms with Crippen LogP contribution in [0, 0.1) is 5.92 Å². The van der Waals surface area contributed by atoms with E-state index in [1.807, 2.05) is 14.0 Å². The highest BCUT2D eigenvalue weighted by Crippen LogP contribution is 2.30. The molecule has 1 saturated heterocycles. The van der Waals surface area contributed by atoms with Gasteiger partial charge in [0.25, 0.3) is 0 Å². The summed E-state index contributed by atoms with van der Waals surface area (Å²) in [6.45, 7) is 8.41. The van der Waals surface area contributed by atoms with Crippen molar-refractivity contribution < 1.29 is 14.7 Å². The summed E-state index contributed by atoms with van der Waals surface area (Å²) in [6, 6.07) is 5.98. The number of carboxylic acid groups (broad SMARTS) is 1. The number of hydrogen-bond acceptors (Lipinski definition) is 3. The molecule has 1 aliphatic heterocycles. The van der Waals surface area contributed by atoms with Crippen LogP contribution in [0.1, 0.15) is 54.7 Å². The Morgan fingerprint density at radius 3 is 2.64 bits per heavy atom. The van der Waals surface area contributed by atoms with Crippen molar-refractivity contribution in [3.8, 4) is 0 Å². The second-order valence-electron chi connectivity index (χ2n) is 7.54. The van der Waals surface area contributed by atoms with Gasteiger partial charge in [-0.2, -0.15) is 0 Å². The van der Waals surface area contributed by atoms with Gasteiger partial charge < -0.3 is 9.67 Å². The van der Waals surface area contributed by atoms with Crippen LogP contribution in [-0.4, -0.2) is 39.4 Å². The molecule has 1 unspecified atom stereocenters. The molecule has 0 saturated carbocycles. The second kappa shape index (κ2) is 6.64. The molecule has 1 fully saturated rings. The number of carbonyl (C=O) groups is 2. The normalized spacial score (nSPS) is 19.1. The summed E-state index contributed by atoms with van der Waals surface area (Å²) in [5.74, 6) is -0.146. The summed E-state index contributed by atoms with van der Waals surface area (Å²) in [7, 11) is 1.81. The van der Waals surface area contributed by atoms with Crippen LogP contribution in [0.2, 0.25) is 0 Å². The number of carbonyl (C=O) groups excluding carboxylic acids is 1. The Kier molecular flexibility index (Phi) is 4.69. The first-order valence-corrected chi connectivity index (χ1v) is 8.88. The van der Waals surface area contributed by atoms with Gasteiger partial charge in [0, 0.05) is 24.9 Å². The summed E-state index contributed by atoms with van der Waals surface area (Å²) in [6.07, 6.45) is 0.909. The largest absolute Gasteiger partial charge is 0.477 e. The first kappa shape index (κ1) is 17.7. The topological polar surface area (TPSA) is 62.5 Å². The highest BCUT2D eigenvalue weighted by molar-refractivity contribution is 5.96. The first-order chi connectivity index (χ1) is 11.8. The van der Waals surface area contributed by atoms with Crippen molar-refractivity contribution in [1.29, 1.82) is 0 Å². The van der Waals surface area contributed by atoms with E-state index in [0.717, 1.165) is 41.5 Å². The van der Waals surface area contributed by atoms with E-state index in [9.17, 15) is 14.7 Å². The fourth-order valence-electron chi connectivity index (χ4n) is 3.73. The van der Waals surface area contributed by atoms with Gasteiger partial charge >= 0.3 is 5.97 Å². The molecule has 5 nitrogen and oxygen atoms in total. The van der Waals surface area contributed by atoms with Crippen LogP contribution in [-0.2, 0) is 18.4 Å². The zero-order chi connectivity index (χ0) is 18.3. The van der Waals surface area contributed by atoms with Gasteiger partial charge in [0.1, 0.15) is 11.5 Å². The van der Waals surface area contributed by atoms with Crippen LogP contribution >= 0.6 is 0 Å². The maximum atomic E-state index is 12.0. The molecule has 0 radical (unpaired) electrons. The van der Waals surface area contributed by atoms with Crippen LogP contribution in [0.3, 0.4) is 0 Å². The monoisotopic (exact) mass is 342 g/mol. The number of carboxylic acids is 1. The summed E-state index contributed by atoms with van der Waals surface area (Å²) in [5.41, 5.74) is 3.58. The zero-order valence-electron chi connectivity index (χ0n) is 15.4. The molecular weight excluding hydrogens is 316 g/mol. The third-order valence-corrected chi connectivity index (χ3v) is 5.27. The van der Waals surface area contributed by atoms with Crippen molar-refractivity contribution in [3.05, 3.63) is 35.0 Å². The lowest BCUT2D eigenvalue weighted by Crippen LogP contribution is -2.39. The number of aromatic carboxylic acids is 1. The average Bonchev–Trinajstić information content (AvgIpc) is 2.87. The van der Waals surface area contributed by atoms with Gasteiger partial charge in [0.05, 0.1) is 12.1 Å². The van der Waals surface area contributed by atoms with Crippen LogP contribution in [0.4, 0.5) is 0 Å². The molecule has 0 amide bonds. The van der Waals surface area contributed by atoms with Crippen LogP contribution in [0.25, 0.3) is 10.9 Å². The van der Waals surface area contributed by atoms with E-state index < -0.39 is 5.97 Å². The number of fused-ring (bicyclic) bond motifs is 1. The van der Waals surface area contributed by atoms with Gasteiger partial charge in [-0.05, 0) is 42.1 Å². The molecule has 1 atom stereocenters. The SMILES string of the molecule is CC1CCN(Cc2cc(C(C)C)c3c(c2)cc(C(=O)O)n3C)CC1=O. The molecule has 134 valence electrons. The fraction of sp³-hybridized carbons (Fsp3) is 0.500. The van der Waals surface area contributed by atoms with E-state index in [0.29, 0.717) is 23.9 Å². The summed E-state index contributed by atoms with van der Waals surface area (Å²) in [4.78, 5) is 25.7. The third kappa shape index (κ3) is 3.33. The molecule has 5 heteroatoms. The average molecular weight is 342 g/mol. The van der Waals surface area contributed by atoms with E-state index in [-0.39, 0.29) is 5.92 Å². The standard InChI is InChI=1S/C20H26N2O3/c1-12(2)16-8-14(10-22-6-5-13(3)18(23)11-22)7-15-9-17(20(24)25)21(4)19(15)16/h7-9,12-13H,5-6,10-11H2,1-4H3,(H,24,25). The smallest absolute Gasteiger partial charge is 0.352 e. The highest BCUT2D eigenvalue weighted by Gasteiger charge is 2.24. The Morgan fingerprint density at radius 2 is 2.04 bits per heavy atom. The lowest BCUT2D eigenvalue weighted by molar-refractivity contribution is -0.126. The number of benzene rings is 1. The molecular formula is C20H26N2O3. The number of aromatic nitrogens is 1. The van der Waals surface area contributed by atoms with Gasteiger partial charge in [-0.15, -0.1) is 0 Å². The molecule has 2 heterocycles. The van der Waals surface area contributed by atoms with E-state index in [1.165, 1.54) is 0 Å². The van der Waals surface area contributed by atoms with Gasteiger partial charge in [-0.3, -0.25) is 9.69 Å². The molecule has 0 spiro atoms. The molecule has 3 rings (SSSR count). The van der Waals surface area contributed by atoms with Crippen molar-refractivity contribution in [3.63, 3.8) is 0 Å². The van der Waals surface area contributed by atoms with E-state index in [1.54, 1.807) is 10.6 Å². The molecule has 0 aliphatic carbocycles.